The van der Waals surface area contributed by atoms with Crippen LogP contribution in [0.2, 0.25) is 0 Å². The lowest BCUT2D eigenvalue weighted by molar-refractivity contribution is 0.151. The number of rotatable bonds is 9. The van der Waals surface area contributed by atoms with E-state index < -0.39 is 0 Å². The average Bonchev–Trinajstić information content (AvgIpc) is 2.74. The molecule has 0 atom stereocenters. The lowest BCUT2D eigenvalue weighted by atomic mass is 10.5. The Morgan fingerprint density at radius 2 is 2.31 bits per heavy atom. The Hall–Kier alpha value is -0.660. The van der Waals surface area contributed by atoms with Gasteiger partial charge in [-0.05, 0) is 23.9 Å². The van der Waals surface area contributed by atoms with E-state index in [4.69, 9.17) is 4.74 Å². The third kappa shape index (κ3) is 4.91. The second kappa shape index (κ2) is 8.49. The van der Waals surface area contributed by atoms with Crippen molar-refractivity contribution in [1.29, 1.82) is 0 Å². The van der Waals surface area contributed by atoms with Crippen LogP contribution in [0.5, 0.6) is 0 Å². The predicted molar refractivity (Wildman–Crippen MR) is 63.6 cm³/mol. The maximum absolute atomic E-state index is 5.39. The van der Waals surface area contributed by atoms with Gasteiger partial charge >= 0.3 is 0 Å². The van der Waals surface area contributed by atoms with Gasteiger partial charge in [0.05, 0.1) is 13.2 Å². The molecule has 0 unspecified atom stereocenters. The Morgan fingerprint density at radius 3 is 3.06 bits per heavy atom. The third-order valence-electron chi connectivity index (χ3n) is 1.88. The summed E-state index contributed by atoms with van der Waals surface area (Å²) in [6.45, 7) is 5.33. The number of aromatic nitrogens is 4. The van der Waals surface area contributed by atoms with Gasteiger partial charge < -0.3 is 10.1 Å². The highest BCUT2D eigenvalue weighted by Crippen LogP contribution is 2.12. The van der Waals surface area contributed by atoms with Crippen LogP contribution in [0.4, 0.5) is 0 Å². The van der Waals surface area contributed by atoms with Gasteiger partial charge in [-0.15, -0.1) is 5.10 Å². The van der Waals surface area contributed by atoms with Gasteiger partial charge in [-0.3, -0.25) is 0 Å². The Labute approximate surface area is 100 Å². The molecular weight excluding hydrogens is 226 g/mol. The predicted octanol–water partition coefficient (Wildman–Crippen LogP) is 0.411. The number of ether oxygens (including phenoxy) is 1. The number of hydrogen-bond acceptors (Lipinski definition) is 6. The first-order valence-electron chi connectivity index (χ1n) is 5.49. The lowest BCUT2D eigenvalue weighted by Crippen LogP contribution is -2.16. The van der Waals surface area contributed by atoms with Crippen LogP contribution in [0.1, 0.15) is 13.3 Å². The SMILES string of the molecule is CCCOCCSc1nnnn1CCNC. The van der Waals surface area contributed by atoms with E-state index in [1.54, 1.807) is 16.4 Å². The van der Waals surface area contributed by atoms with Crippen LogP contribution < -0.4 is 5.32 Å². The molecule has 1 aromatic rings. The zero-order chi connectivity index (χ0) is 11.6. The zero-order valence-corrected chi connectivity index (χ0v) is 10.7. The first-order chi connectivity index (χ1) is 7.88. The van der Waals surface area contributed by atoms with Gasteiger partial charge in [0.15, 0.2) is 0 Å². The van der Waals surface area contributed by atoms with Crippen molar-refractivity contribution in [3.8, 4) is 0 Å². The minimum absolute atomic E-state index is 0.747. The fourth-order valence-corrected chi connectivity index (χ4v) is 1.85. The Kier molecular flexibility index (Phi) is 7.11. The van der Waals surface area contributed by atoms with Crippen LogP contribution >= 0.6 is 11.8 Å². The van der Waals surface area contributed by atoms with Crippen molar-refractivity contribution >= 4 is 11.8 Å². The summed E-state index contributed by atoms with van der Waals surface area (Å²) < 4.78 is 7.20. The highest BCUT2D eigenvalue weighted by Gasteiger charge is 2.05. The van der Waals surface area contributed by atoms with E-state index >= 15 is 0 Å². The standard InChI is InChI=1S/C9H19N5OS/c1-3-6-15-7-8-16-9-11-12-13-14(9)5-4-10-2/h10H,3-8H2,1-2H3. The first-order valence-corrected chi connectivity index (χ1v) is 6.48. The van der Waals surface area contributed by atoms with Crippen molar-refractivity contribution in [2.24, 2.45) is 0 Å². The summed E-state index contributed by atoms with van der Waals surface area (Å²) in [5.74, 6) is 0.889. The molecule has 0 aromatic carbocycles. The number of nitrogens with zero attached hydrogens (tertiary/aromatic N) is 4. The number of thioether (sulfide) groups is 1. The van der Waals surface area contributed by atoms with Crippen LogP contribution in [0, 0.1) is 0 Å². The molecule has 1 rings (SSSR count). The first kappa shape index (κ1) is 13.4. The van der Waals surface area contributed by atoms with E-state index in [0.717, 1.165) is 43.6 Å². The van der Waals surface area contributed by atoms with Crippen molar-refractivity contribution < 1.29 is 4.74 Å². The van der Waals surface area contributed by atoms with Crippen LogP contribution in [0.3, 0.4) is 0 Å². The van der Waals surface area contributed by atoms with Gasteiger partial charge in [-0.1, -0.05) is 18.7 Å². The molecule has 1 N–H and O–H groups in total. The lowest BCUT2D eigenvalue weighted by Gasteiger charge is -2.04. The molecule has 0 aliphatic rings. The monoisotopic (exact) mass is 245 g/mol. The normalized spacial score (nSPS) is 10.9. The van der Waals surface area contributed by atoms with Gasteiger partial charge in [0.25, 0.3) is 0 Å². The summed E-state index contributed by atoms with van der Waals surface area (Å²) in [7, 11) is 1.91. The molecule has 92 valence electrons. The molecule has 0 aliphatic heterocycles. The largest absolute Gasteiger partial charge is 0.381 e. The summed E-state index contributed by atoms with van der Waals surface area (Å²) in [5.41, 5.74) is 0. The van der Waals surface area contributed by atoms with Gasteiger partial charge in [-0.2, -0.15) is 0 Å². The molecule has 6 nitrogen and oxygen atoms in total. The molecule has 0 saturated carbocycles. The number of likely N-dealkylation sites (N-methyl/N-ethyl adjacent to an activating group) is 1. The minimum atomic E-state index is 0.747. The summed E-state index contributed by atoms with van der Waals surface area (Å²) in [6, 6.07) is 0. The second-order valence-electron chi connectivity index (χ2n) is 3.25. The Morgan fingerprint density at radius 1 is 1.44 bits per heavy atom. The van der Waals surface area contributed by atoms with E-state index in [2.05, 4.69) is 27.8 Å². The Bertz CT molecular complexity index is 281. The van der Waals surface area contributed by atoms with Gasteiger partial charge in [-0.25, -0.2) is 4.68 Å². The van der Waals surface area contributed by atoms with Crippen LogP contribution in [0.15, 0.2) is 5.16 Å². The van der Waals surface area contributed by atoms with E-state index in [-0.39, 0.29) is 0 Å². The quantitative estimate of drug-likeness (QED) is 0.502. The molecule has 0 radical (unpaired) electrons. The van der Waals surface area contributed by atoms with Crippen molar-refractivity contribution in [3.63, 3.8) is 0 Å². The fraction of sp³-hybridized carbons (Fsp3) is 0.889. The highest BCUT2D eigenvalue weighted by atomic mass is 32.2. The van der Waals surface area contributed by atoms with E-state index in [1.807, 2.05) is 7.05 Å². The maximum atomic E-state index is 5.39. The van der Waals surface area contributed by atoms with Crippen molar-refractivity contribution in [1.82, 2.24) is 25.5 Å². The van der Waals surface area contributed by atoms with Gasteiger partial charge in [0, 0.05) is 18.9 Å². The number of nitrogens with one attached hydrogen (secondary N) is 1. The van der Waals surface area contributed by atoms with E-state index in [0.29, 0.717) is 0 Å². The molecular formula is C9H19N5OS. The molecule has 1 heterocycles. The second-order valence-corrected chi connectivity index (χ2v) is 4.31. The Balaban J connectivity index is 2.22. The summed E-state index contributed by atoms with van der Waals surface area (Å²) in [5, 5.41) is 15.5. The molecule has 0 amide bonds. The average molecular weight is 245 g/mol. The molecule has 0 fully saturated rings. The summed E-state index contributed by atoms with van der Waals surface area (Å²) in [4.78, 5) is 0. The molecule has 7 heteroatoms. The topological polar surface area (TPSA) is 64.9 Å². The van der Waals surface area contributed by atoms with Crippen LogP contribution in [0.25, 0.3) is 0 Å². The third-order valence-corrected chi connectivity index (χ3v) is 2.80. The van der Waals surface area contributed by atoms with E-state index in [9.17, 15) is 0 Å². The van der Waals surface area contributed by atoms with Crippen molar-refractivity contribution in [2.75, 3.05) is 32.6 Å². The molecule has 1 aromatic heterocycles. The number of hydrogen-bond donors (Lipinski definition) is 1. The fourth-order valence-electron chi connectivity index (χ4n) is 1.10. The minimum Gasteiger partial charge on any atom is -0.381 e. The van der Waals surface area contributed by atoms with Gasteiger partial charge in [0.1, 0.15) is 0 Å². The molecule has 0 saturated heterocycles. The van der Waals surface area contributed by atoms with Crippen molar-refractivity contribution in [2.45, 2.75) is 25.0 Å². The van der Waals surface area contributed by atoms with E-state index in [1.165, 1.54) is 0 Å². The molecule has 0 aliphatic carbocycles. The molecule has 0 spiro atoms. The smallest absolute Gasteiger partial charge is 0.209 e. The maximum Gasteiger partial charge on any atom is 0.209 e. The highest BCUT2D eigenvalue weighted by molar-refractivity contribution is 7.99. The summed E-state index contributed by atoms with van der Waals surface area (Å²) in [6.07, 6.45) is 1.06. The molecule has 16 heavy (non-hydrogen) atoms. The number of tetrazole rings is 1. The molecule has 0 bridgehead atoms. The van der Waals surface area contributed by atoms with Crippen molar-refractivity contribution in [3.05, 3.63) is 0 Å². The van der Waals surface area contributed by atoms with Gasteiger partial charge in [0.2, 0.25) is 5.16 Å². The zero-order valence-electron chi connectivity index (χ0n) is 9.85. The van der Waals surface area contributed by atoms with Crippen LogP contribution in [-0.4, -0.2) is 52.8 Å². The van der Waals surface area contributed by atoms with Crippen LogP contribution in [-0.2, 0) is 11.3 Å². The summed E-state index contributed by atoms with van der Waals surface area (Å²) >= 11 is 1.63.